The van der Waals surface area contributed by atoms with Crippen LogP contribution in [0.2, 0.25) is 0 Å². The molecule has 1 nitrogen and oxygen atoms in total. The summed E-state index contributed by atoms with van der Waals surface area (Å²) in [5.41, 5.74) is -0.629. The maximum atomic E-state index is 13.1. The molecule has 1 unspecified atom stereocenters. The first-order valence-corrected chi connectivity index (χ1v) is 5.24. The summed E-state index contributed by atoms with van der Waals surface area (Å²) in [5, 5.41) is 10.4. The minimum absolute atomic E-state index is 0.196. The minimum atomic E-state index is -1.41. The monoisotopic (exact) mass is 234 g/mol. The fraction of sp³-hybridized carbons (Fsp3) is 0.143. The Kier molecular flexibility index (Phi) is 2.94. The van der Waals surface area contributed by atoms with E-state index < -0.39 is 17.2 Å². The lowest BCUT2D eigenvalue weighted by atomic mass is 9.88. The Morgan fingerprint density at radius 3 is 1.94 bits per heavy atom. The van der Waals surface area contributed by atoms with Crippen LogP contribution in [0, 0.1) is 11.6 Å². The third-order valence-corrected chi connectivity index (χ3v) is 2.76. The molecule has 0 aliphatic rings. The van der Waals surface area contributed by atoms with Crippen molar-refractivity contribution in [3.8, 4) is 0 Å². The van der Waals surface area contributed by atoms with Gasteiger partial charge in [-0.05, 0) is 30.2 Å². The van der Waals surface area contributed by atoms with Crippen LogP contribution in [0.5, 0.6) is 0 Å². The van der Waals surface area contributed by atoms with Crippen molar-refractivity contribution in [1.82, 2.24) is 0 Å². The third-order valence-electron chi connectivity index (χ3n) is 2.76. The maximum absolute atomic E-state index is 13.1. The van der Waals surface area contributed by atoms with Gasteiger partial charge >= 0.3 is 0 Å². The molecule has 0 amide bonds. The smallest absolute Gasteiger partial charge is 0.126 e. The molecule has 0 aromatic heterocycles. The molecule has 88 valence electrons. The molecule has 1 N–H and O–H groups in total. The molecule has 0 saturated carbocycles. The summed E-state index contributed by atoms with van der Waals surface area (Å²) in [6.45, 7) is 1.51. The van der Waals surface area contributed by atoms with Crippen molar-refractivity contribution < 1.29 is 13.9 Å². The van der Waals surface area contributed by atoms with Gasteiger partial charge in [-0.15, -0.1) is 0 Å². The molecule has 0 saturated heterocycles. The van der Waals surface area contributed by atoms with Crippen molar-refractivity contribution in [2.75, 3.05) is 0 Å². The Hall–Kier alpha value is -1.74. The Balaban J connectivity index is 2.51. The van der Waals surface area contributed by atoms with E-state index in [0.29, 0.717) is 5.56 Å². The normalized spacial score (nSPS) is 14.4. The van der Waals surface area contributed by atoms with E-state index in [2.05, 4.69) is 0 Å². The van der Waals surface area contributed by atoms with Gasteiger partial charge in [0.2, 0.25) is 0 Å². The predicted molar refractivity (Wildman–Crippen MR) is 61.5 cm³/mol. The second-order valence-corrected chi connectivity index (χ2v) is 4.10. The molecule has 2 aromatic carbocycles. The van der Waals surface area contributed by atoms with Gasteiger partial charge in [-0.2, -0.15) is 0 Å². The summed E-state index contributed by atoms with van der Waals surface area (Å²) in [6, 6.07) is 11.8. The second-order valence-electron chi connectivity index (χ2n) is 4.10. The van der Waals surface area contributed by atoms with E-state index in [4.69, 9.17) is 0 Å². The first-order chi connectivity index (χ1) is 8.00. The van der Waals surface area contributed by atoms with Crippen molar-refractivity contribution >= 4 is 0 Å². The van der Waals surface area contributed by atoms with Crippen LogP contribution in [0.3, 0.4) is 0 Å². The van der Waals surface area contributed by atoms with Crippen LogP contribution in [0.15, 0.2) is 48.5 Å². The summed E-state index contributed by atoms with van der Waals surface area (Å²) in [7, 11) is 0. The Morgan fingerprint density at radius 2 is 1.41 bits per heavy atom. The van der Waals surface area contributed by atoms with Crippen molar-refractivity contribution in [2.24, 2.45) is 0 Å². The lowest BCUT2D eigenvalue weighted by Crippen LogP contribution is -2.23. The van der Waals surface area contributed by atoms with Crippen LogP contribution in [0.4, 0.5) is 8.78 Å². The van der Waals surface area contributed by atoms with Gasteiger partial charge in [-0.1, -0.05) is 30.3 Å². The topological polar surface area (TPSA) is 20.2 Å². The lowest BCUT2D eigenvalue weighted by Gasteiger charge is -2.24. The van der Waals surface area contributed by atoms with E-state index >= 15 is 0 Å². The molecule has 2 rings (SSSR count). The van der Waals surface area contributed by atoms with Crippen LogP contribution >= 0.6 is 0 Å². The molecule has 0 radical (unpaired) electrons. The van der Waals surface area contributed by atoms with Crippen LogP contribution in [-0.2, 0) is 5.60 Å². The zero-order valence-electron chi connectivity index (χ0n) is 9.32. The molecular formula is C14H12F2O. The van der Waals surface area contributed by atoms with Gasteiger partial charge in [-0.25, -0.2) is 8.78 Å². The minimum Gasteiger partial charge on any atom is -0.381 e. The highest BCUT2D eigenvalue weighted by atomic mass is 19.1. The standard InChI is InChI=1S/C14H12F2O/c1-14(17,10-5-3-2-4-6-10)11-7-12(15)9-13(16)8-11/h2-9,17H,1H3. The largest absolute Gasteiger partial charge is 0.381 e. The summed E-state index contributed by atoms with van der Waals surface area (Å²) in [4.78, 5) is 0. The van der Waals surface area contributed by atoms with Crippen molar-refractivity contribution in [3.05, 3.63) is 71.3 Å². The Labute approximate surface area is 98.3 Å². The van der Waals surface area contributed by atoms with E-state index in [1.165, 1.54) is 6.92 Å². The van der Waals surface area contributed by atoms with Crippen molar-refractivity contribution in [3.63, 3.8) is 0 Å². The van der Waals surface area contributed by atoms with Gasteiger partial charge < -0.3 is 5.11 Å². The highest BCUT2D eigenvalue weighted by Crippen LogP contribution is 2.29. The molecule has 0 aliphatic heterocycles. The maximum Gasteiger partial charge on any atom is 0.126 e. The van der Waals surface area contributed by atoms with Crippen LogP contribution in [0.1, 0.15) is 18.1 Å². The summed E-state index contributed by atoms with van der Waals surface area (Å²) >= 11 is 0. The third kappa shape index (κ3) is 2.34. The van der Waals surface area contributed by atoms with Gasteiger partial charge in [0, 0.05) is 6.07 Å². The molecular weight excluding hydrogens is 222 g/mol. The Bertz CT molecular complexity index is 501. The predicted octanol–water partition coefficient (Wildman–Crippen LogP) is 3.22. The molecule has 3 heteroatoms. The summed E-state index contributed by atoms with van der Waals surface area (Å²) < 4.78 is 26.2. The van der Waals surface area contributed by atoms with Crippen LogP contribution < -0.4 is 0 Å². The molecule has 0 heterocycles. The van der Waals surface area contributed by atoms with Gasteiger partial charge in [0.15, 0.2) is 0 Å². The number of halogens is 2. The second kappa shape index (κ2) is 4.26. The molecule has 0 aliphatic carbocycles. The number of aliphatic hydroxyl groups is 1. The van der Waals surface area contributed by atoms with E-state index in [0.717, 1.165) is 18.2 Å². The van der Waals surface area contributed by atoms with E-state index in [-0.39, 0.29) is 5.56 Å². The first kappa shape index (κ1) is 11.7. The summed E-state index contributed by atoms with van der Waals surface area (Å²) in [6.07, 6.45) is 0. The quantitative estimate of drug-likeness (QED) is 0.845. The van der Waals surface area contributed by atoms with Gasteiger partial charge in [0.25, 0.3) is 0 Å². The highest BCUT2D eigenvalue weighted by molar-refractivity contribution is 5.35. The molecule has 0 fully saturated rings. The average Bonchev–Trinajstić information content (AvgIpc) is 2.29. The van der Waals surface area contributed by atoms with Crippen molar-refractivity contribution in [2.45, 2.75) is 12.5 Å². The van der Waals surface area contributed by atoms with E-state index in [9.17, 15) is 13.9 Å². The van der Waals surface area contributed by atoms with Crippen LogP contribution in [-0.4, -0.2) is 5.11 Å². The van der Waals surface area contributed by atoms with Gasteiger partial charge in [0.1, 0.15) is 17.2 Å². The zero-order chi connectivity index (χ0) is 12.5. The van der Waals surface area contributed by atoms with Gasteiger partial charge in [-0.3, -0.25) is 0 Å². The average molecular weight is 234 g/mol. The fourth-order valence-electron chi connectivity index (χ4n) is 1.76. The molecule has 0 bridgehead atoms. The highest BCUT2D eigenvalue weighted by Gasteiger charge is 2.26. The fourth-order valence-corrected chi connectivity index (χ4v) is 1.76. The number of hydrogen-bond donors (Lipinski definition) is 1. The van der Waals surface area contributed by atoms with Crippen LogP contribution in [0.25, 0.3) is 0 Å². The van der Waals surface area contributed by atoms with E-state index in [1.54, 1.807) is 24.3 Å². The lowest BCUT2D eigenvalue weighted by molar-refractivity contribution is 0.101. The molecule has 17 heavy (non-hydrogen) atoms. The molecule has 1 atom stereocenters. The zero-order valence-corrected chi connectivity index (χ0v) is 9.32. The Morgan fingerprint density at radius 1 is 0.882 bits per heavy atom. The molecule has 2 aromatic rings. The summed E-state index contributed by atoms with van der Waals surface area (Å²) in [5.74, 6) is -1.40. The first-order valence-electron chi connectivity index (χ1n) is 5.24. The van der Waals surface area contributed by atoms with E-state index in [1.807, 2.05) is 6.07 Å². The number of rotatable bonds is 2. The number of hydrogen-bond acceptors (Lipinski definition) is 1. The van der Waals surface area contributed by atoms with Crippen molar-refractivity contribution in [1.29, 1.82) is 0 Å². The van der Waals surface area contributed by atoms with Gasteiger partial charge in [0.05, 0.1) is 0 Å². The SMILES string of the molecule is CC(O)(c1ccccc1)c1cc(F)cc(F)c1. The molecule has 0 spiro atoms. The number of benzene rings is 2.